The lowest BCUT2D eigenvalue weighted by Gasteiger charge is -2.21. The van der Waals surface area contributed by atoms with Gasteiger partial charge in [0, 0.05) is 36.1 Å². The first-order chi connectivity index (χ1) is 12.6. The van der Waals surface area contributed by atoms with Gasteiger partial charge in [0.15, 0.2) is 0 Å². The van der Waals surface area contributed by atoms with E-state index in [9.17, 15) is 4.79 Å². The SMILES string of the molecule is CN1CCc2c(sc3nc(NCCN)n(-c4ccc(Cl)cc4)c(=O)c23)C1. The second-order valence-electron chi connectivity index (χ2n) is 6.44. The van der Waals surface area contributed by atoms with Crippen LogP contribution in [0.4, 0.5) is 5.95 Å². The van der Waals surface area contributed by atoms with Gasteiger partial charge < -0.3 is 16.0 Å². The first kappa shape index (κ1) is 17.5. The number of nitrogens with zero attached hydrogens (tertiary/aromatic N) is 3. The van der Waals surface area contributed by atoms with Crippen LogP contribution in [0, 0.1) is 0 Å². The maximum atomic E-state index is 13.4. The van der Waals surface area contributed by atoms with E-state index in [1.54, 1.807) is 28.0 Å². The fraction of sp³-hybridized carbons (Fsp3) is 0.333. The normalized spacial score (nSPS) is 14.6. The van der Waals surface area contributed by atoms with Gasteiger partial charge in [0.1, 0.15) is 4.83 Å². The minimum atomic E-state index is -0.0427. The predicted molar refractivity (Wildman–Crippen MR) is 108 cm³/mol. The molecule has 0 spiro atoms. The average Bonchev–Trinajstić information content (AvgIpc) is 2.98. The Hall–Kier alpha value is -1.93. The van der Waals surface area contributed by atoms with Crippen molar-refractivity contribution in [1.82, 2.24) is 14.5 Å². The lowest BCUT2D eigenvalue weighted by molar-refractivity contribution is 0.318. The highest BCUT2D eigenvalue weighted by Crippen LogP contribution is 2.33. The standard InChI is InChI=1S/C18H20ClN5OS/c1-23-9-6-13-14(10-23)26-16-15(13)17(25)24(18(22-16)21-8-7-20)12-4-2-11(19)3-5-12/h2-5H,6-10,20H2,1H3,(H,21,22). The first-order valence-corrected chi connectivity index (χ1v) is 9.73. The van der Waals surface area contributed by atoms with E-state index in [0.29, 0.717) is 24.1 Å². The predicted octanol–water partition coefficient (Wildman–Crippen LogP) is 2.46. The molecule has 8 heteroatoms. The molecule has 0 radical (unpaired) electrons. The van der Waals surface area contributed by atoms with Gasteiger partial charge in [-0.1, -0.05) is 11.6 Å². The molecular formula is C18H20ClN5OS. The van der Waals surface area contributed by atoms with Gasteiger partial charge in [-0.2, -0.15) is 0 Å². The van der Waals surface area contributed by atoms with Gasteiger partial charge in [0.25, 0.3) is 5.56 Å². The number of rotatable bonds is 4. The maximum absolute atomic E-state index is 13.4. The van der Waals surface area contributed by atoms with Gasteiger partial charge in [-0.3, -0.25) is 4.79 Å². The third-order valence-corrected chi connectivity index (χ3v) is 5.94. The summed E-state index contributed by atoms with van der Waals surface area (Å²) in [6.45, 7) is 2.81. The average molecular weight is 390 g/mol. The summed E-state index contributed by atoms with van der Waals surface area (Å²) in [5.41, 5.74) is 7.47. The molecule has 6 nitrogen and oxygen atoms in total. The Bertz CT molecular complexity index is 1010. The van der Waals surface area contributed by atoms with E-state index in [1.807, 2.05) is 12.1 Å². The molecule has 0 bridgehead atoms. The van der Waals surface area contributed by atoms with Gasteiger partial charge >= 0.3 is 0 Å². The quantitative estimate of drug-likeness (QED) is 0.716. The van der Waals surface area contributed by atoms with Crippen LogP contribution in [0.5, 0.6) is 0 Å². The molecule has 0 saturated heterocycles. The second kappa shape index (κ2) is 7.00. The van der Waals surface area contributed by atoms with Gasteiger partial charge in [0.05, 0.1) is 11.1 Å². The third-order valence-electron chi connectivity index (χ3n) is 4.58. The summed E-state index contributed by atoms with van der Waals surface area (Å²) in [4.78, 5) is 22.5. The van der Waals surface area contributed by atoms with Crippen LogP contribution in [-0.4, -0.2) is 41.1 Å². The monoisotopic (exact) mass is 389 g/mol. The number of aromatic nitrogens is 2. The molecule has 2 aromatic heterocycles. The zero-order valence-corrected chi connectivity index (χ0v) is 16.0. The number of nitrogens with one attached hydrogen (secondary N) is 1. The van der Waals surface area contributed by atoms with Crippen molar-refractivity contribution in [2.75, 3.05) is 32.0 Å². The van der Waals surface area contributed by atoms with E-state index in [4.69, 9.17) is 22.3 Å². The molecule has 3 heterocycles. The lowest BCUT2D eigenvalue weighted by Crippen LogP contribution is -2.28. The second-order valence-corrected chi connectivity index (χ2v) is 7.96. The van der Waals surface area contributed by atoms with Crippen LogP contribution >= 0.6 is 22.9 Å². The maximum Gasteiger partial charge on any atom is 0.268 e. The van der Waals surface area contributed by atoms with E-state index in [1.165, 1.54) is 4.88 Å². The summed E-state index contributed by atoms with van der Waals surface area (Å²) < 4.78 is 1.62. The molecule has 136 valence electrons. The van der Waals surface area contributed by atoms with Crippen LogP contribution in [0.15, 0.2) is 29.1 Å². The van der Waals surface area contributed by atoms with Crippen molar-refractivity contribution < 1.29 is 0 Å². The number of hydrogen-bond donors (Lipinski definition) is 2. The lowest BCUT2D eigenvalue weighted by atomic mass is 10.1. The van der Waals surface area contributed by atoms with Crippen molar-refractivity contribution in [1.29, 1.82) is 0 Å². The molecule has 0 atom stereocenters. The molecule has 1 aromatic carbocycles. The number of fused-ring (bicyclic) bond motifs is 3. The van der Waals surface area contributed by atoms with Crippen molar-refractivity contribution in [3.63, 3.8) is 0 Å². The van der Waals surface area contributed by atoms with Crippen LogP contribution in [0.2, 0.25) is 5.02 Å². The van der Waals surface area contributed by atoms with E-state index in [0.717, 1.165) is 41.0 Å². The Morgan fingerprint density at radius 3 is 2.85 bits per heavy atom. The zero-order chi connectivity index (χ0) is 18.3. The fourth-order valence-electron chi connectivity index (χ4n) is 3.30. The zero-order valence-electron chi connectivity index (χ0n) is 14.5. The highest BCUT2D eigenvalue weighted by molar-refractivity contribution is 7.18. The Morgan fingerprint density at radius 1 is 1.35 bits per heavy atom. The number of anilines is 1. The number of halogens is 1. The minimum Gasteiger partial charge on any atom is -0.354 e. The summed E-state index contributed by atoms with van der Waals surface area (Å²) in [5, 5.41) is 4.56. The number of hydrogen-bond acceptors (Lipinski definition) is 6. The molecule has 0 aliphatic carbocycles. The Morgan fingerprint density at radius 2 is 2.12 bits per heavy atom. The molecule has 0 fully saturated rings. The Kier molecular flexibility index (Phi) is 4.71. The smallest absolute Gasteiger partial charge is 0.268 e. The van der Waals surface area contributed by atoms with Crippen LogP contribution in [-0.2, 0) is 13.0 Å². The fourth-order valence-corrected chi connectivity index (χ4v) is 4.72. The Labute approximate surface area is 160 Å². The number of likely N-dealkylation sites (N-methyl/N-ethyl adjacent to an activating group) is 1. The number of thiophene rings is 1. The molecule has 4 rings (SSSR count). The minimum absolute atomic E-state index is 0.0427. The molecule has 0 amide bonds. The van der Waals surface area contributed by atoms with Crippen molar-refractivity contribution in [3.05, 3.63) is 50.1 Å². The van der Waals surface area contributed by atoms with Crippen LogP contribution < -0.4 is 16.6 Å². The molecule has 1 aliphatic rings. The summed E-state index contributed by atoms with van der Waals surface area (Å²) in [7, 11) is 2.10. The van der Waals surface area contributed by atoms with Crippen LogP contribution in [0.25, 0.3) is 15.9 Å². The highest BCUT2D eigenvalue weighted by atomic mass is 35.5. The topological polar surface area (TPSA) is 76.2 Å². The van der Waals surface area contributed by atoms with Gasteiger partial charge in [-0.25, -0.2) is 9.55 Å². The van der Waals surface area contributed by atoms with Crippen molar-refractivity contribution in [2.45, 2.75) is 13.0 Å². The molecule has 26 heavy (non-hydrogen) atoms. The van der Waals surface area contributed by atoms with Gasteiger partial charge in [-0.05, 0) is 43.3 Å². The summed E-state index contributed by atoms with van der Waals surface area (Å²) in [5.74, 6) is 0.516. The third kappa shape index (κ3) is 3.01. The largest absolute Gasteiger partial charge is 0.354 e. The number of benzene rings is 1. The van der Waals surface area contributed by atoms with Crippen LogP contribution in [0.1, 0.15) is 10.4 Å². The van der Waals surface area contributed by atoms with Crippen molar-refractivity contribution in [2.24, 2.45) is 5.73 Å². The Balaban J connectivity index is 1.96. The van der Waals surface area contributed by atoms with E-state index in [-0.39, 0.29) is 5.56 Å². The molecule has 3 aromatic rings. The van der Waals surface area contributed by atoms with Gasteiger partial charge in [-0.15, -0.1) is 11.3 Å². The summed E-state index contributed by atoms with van der Waals surface area (Å²) >= 11 is 7.62. The molecule has 1 aliphatic heterocycles. The molecular weight excluding hydrogens is 370 g/mol. The van der Waals surface area contributed by atoms with E-state index >= 15 is 0 Å². The molecule has 0 unspecified atom stereocenters. The highest BCUT2D eigenvalue weighted by Gasteiger charge is 2.24. The van der Waals surface area contributed by atoms with Crippen molar-refractivity contribution in [3.8, 4) is 5.69 Å². The van der Waals surface area contributed by atoms with E-state index < -0.39 is 0 Å². The summed E-state index contributed by atoms with van der Waals surface area (Å²) in [6, 6.07) is 7.21. The van der Waals surface area contributed by atoms with Crippen molar-refractivity contribution >= 4 is 39.1 Å². The van der Waals surface area contributed by atoms with Gasteiger partial charge in [0.2, 0.25) is 5.95 Å². The number of nitrogens with two attached hydrogens (primary N) is 1. The first-order valence-electron chi connectivity index (χ1n) is 8.54. The molecule has 3 N–H and O–H groups in total. The molecule has 0 saturated carbocycles. The summed E-state index contributed by atoms with van der Waals surface area (Å²) in [6.07, 6.45) is 0.874. The van der Waals surface area contributed by atoms with E-state index in [2.05, 4.69) is 17.3 Å². The van der Waals surface area contributed by atoms with Crippen LogP contribution in [0.3, 0.4) is 0 Å².